The number of carbonyl (C=O) groups excluding carboxylic acids is 1. The van der Waals surface area contributed by atoms with Gasteiger partial charge in [0, 0.05) is 12.4 Å². The van der Waals surface area contributed by atoms with Gasteiger partial charge < -0.3 is 0 Å². The summed E-state index contributed by atoms with van der Waals surface area (Å²) in [4.78, 5) is 14.8. The van der Waals surface area contributed by atoms with Crippen LogP contribution in [-0.2, 0) is 20.8 Å². The van der Waals surface area contributed by atoms with Crippen molar-refractivity contribution in [2.45, 2.75) is 17.1 Å². The lowest BCUT2D eigenvalue weighted by molar-refractivity contribution is -0.158. The maximum atomic E-state index is 12.8. The molecule has 1 aromatic heterocycles. The first-order chi connectivity index (χ1) is 14.6. The topological polar surface area (TPSA) is 87.6 Å². The van der Waals surface area contributed by atoms with Gasteiger partial charge in [-0.25, -0.2) is 13.5 Å². The molecule has 1 N–H and O–H groups in total. The molecule has 0 aliphatic carbocycles. The summed E-state index contributed by atoms with van der Waals surface area (Å²) in [5.74, 6) is -0.590. The van der Waals surface area contributed by atoms with Crippen molar-refractivity contribution in [3.63, 3.8) is 0 Å². The largest absolute Gasteiger partial charge is 0.416 e. The van der Waals surface area contributed by atoms with Crippen molar-refractivity contribution in [1.82, 2.24) is 10.0 Å². The number of aromatic nitrogens is 1. The van der Waals surface area contributed by atoms with Crippen molar-refractivity contribution in [3.8, 4) is 11.1 Å². The molecule has 0 spiro atoms. The van der Waals surface area contributed by atoms with Gasteiger partial charge in [-0.05, 0) is 47.0 Å². The predicted molar refractivity (Wildman–Crippen MR) is 106 cm³/mol. The van der Waals surface area contributed by atoms with Gasteiger partial charge >= 0.3 is 6.18 Å². The molecule has 1 atom stereocenters. The van der Waals surface area contributed by atoms with Gasteiger partial charge in [-0.2, -0.15) is 13.2 Å². The number of hydroxylamine groups is 2. The van der Waals surface area contributed by atoms with Gasteiger partial charge in [0.05, 0.1) is 22.3 Å². The molecule has 0 saturated carbocycles. The number of hydrogen-bond acceptors (Lipinski definition) is 5. The Bertz CT molecular complexity index is 1130. The lowest BCUT2D eigenvalue weighted by Gasteiger charge is -2.22. The summed E-state index contributed by atoms with van der Waals surface area (Å²) < 4.78 is 63.8. The van der Waals surface area contributed by atoms with Gasteiger partial charge in [0.1, 0.15) is 0 Å². The van der Waals surface area contributed by atoms with Crippen LogP contribution in [0.25, 0.3) is 11.1 Å². The number of halogens is 3. The second-order valence-corrected chi connectivity index (χ2v) is 8.70. The summed E-state index contributed by atoms with van der Waals surface area (Å²) in [6.45, 7) is 0. The summed E-state index contributed by atoms with van der Waals surface area (Å²) in [6, 6.07) is 12.0. The molecule has 0 aliphatic rings. The van der Waals surface area contributed by atoms with Gasteiger partial charge in [-0.3, -0.25) is 15.0 Å². The molecular weight excluding hydrogens is 433 g/mol. The van der Waals surface area contributed by atoms with Crippen LogP contribution < -0.4 is 0 Å². The maximum Gasteiger partial charge on any atom is 0.416 e. The second-order valence-electron chi connectivity index (χ2n) is 6.67. The average molecular weight is 450 g/mol. The number of carbonyl (C=O) groups is 1. The highest BCUT2D eigenvalue weighted by atomic mass is 32.2. The molecule has 31 heavy (non-hydrogen) atoms. The highest BCUT2D eigenvalue weighted by molar-refractivity contribution is 7.91. The first-order valence-electron chi connectivity index (χ1n) is 8.95. The number of alkyl halides is 3. The molecule has 1 amide bonds. The van der Waals surface area contributed by atoms with Crippen LogP contribution in [0.1, 0.15) is 17.2 Å². The molecule has 0 bridgehead atoms. The van der Waals surface area contributed by atoms with Gasteiger partial charge in [0.25, 0.3) is 0 Å². The number of hydrogen-bond donors (Lipinski definition) is 1. The molecule has 10 heteroatoms. The molecule has 1 heterocycles. The second kappa shape index (κ2) is 8.86. The Morgan fingerprint density at radius 2 is 1.58 bits per heavy atom. The van der Waals surface area contributed by atoms with Gasteiger partial charge in [0.2, 0.25) is 6.41 Å². The van der Waals surface area contributed by atoms with E-state index in [0.717, 1.165) is 12.1 Å². The zero-order valence-electron chi connectivity index (χ0n) is 15.9. The summed E-state index contributed by atoms with van der Waals surface area (Å²) >= 11 is 0. The molecule has 3 rings (SSSR count). The van der Waals surface area contributed by atoms with Crippen molar-refractivity contribution in [3.05, 3.63) is 84.2 Å². The Morgan fingerprint density at radius 3 is 2.06 bits per heavy atom. The summed E-state index contributed by atoms with van der Waals surface area (Å²) in [6.07, 6.45) is -1.51. The number of benzene rings is 2. The number of amides is 1. The monoisotopic (exact) mass is 450 g/mol. The third-order valence-electron chi connectivity index (χ3n) is 4.63. The van der Waals surface area contributed by atoms with E-state index in [2.05, 4.69) is 4.98 Å². The van der Waals surface area contributed by atoms with Crippen molar-refractivity contribution in [2.24, 2.45) is 0 Å². The minimum atomic E-state index is -4.44. The smallest absolute Gasteiger partial charge is 0.285 e. The minimum absolute atomic E-state index is 0.0589. The van der Waals surface area contributed by atoms with Crippen molar-refractivity contribution in [2.75, 3.05) is 5.75 Å². The summed E-state index contributed by atoms with van der Waals surface area (Å²) in [5, 5.41) is 10.1. The SMILES string of the molecule is O=CN(O)C(CS(=O)(=O)c1ccc(-c2ccc(C(F)(F)F)cc2)cc1)c1cccnc1. The van der Waals surface area contributed by atoms with Gasteiger partial charge in [-0.1, -0.05) is 30.3 Å². The van der Waals surface area contributed by atoms with Crippen molar-refractivity contribution in [1.29, 1.82) is 0 Å². The van der Waals surface area contributed by atoms with Gasteiger partial charge in [-0.15, -0.1) is 0 Å². The van der Waals surface area contributed by atoms with E-state index in [9.17, 15) is 31.6 Å². The normalized spacial score (nSPS) is 12.9. The van der Waals surface area contributed by atoms with Crippen LogP contribution >= 0.6 is 0 Å². The van der Waals surface area contributed by atoms with E-state index in [0.29, 0.717) is 16.7 Å². The Balaban J connectivity index is 1.84. The Hall–Kier alpha value is -3.24. The highest BCUT2D eigenvalue weighted by Crippen LogP contribution is 2.31. The lowest BCUT2D eigenvalue weighted by Crippen LogP contribution is -2.30. The van der Waals surface area contributed by atoms with Crippen LogP contribution in [0, 0.1) is 0 Å². The van der Waals surface area contributed by atoms with E-state index in [1.165, 1.54) is 54.9 Å². The molecule has 0 radical (unpaired) electrons. The fourth-order valence-electron chi connectivity index (χ4n) is 2.98. The van der Waals surface area contributed by atoms with E-state index in [4.69, 9.17) is 0 Å². The van der Waals surface area contributed by atoms with Crippen LogP contribution in [0.3, 0.4) is 0 Å². The van der Waals surface area contributed by atoms with Crippen LogP contribution in [0.4, 0.5) is 13.2 Å². The first-order valence-corrected chi connectivity index (χ1v) is 10.6. The lowest BCUT2D eigenvalue weighted by atomic mass is 10.0. The van der Waals surface area contributed by atoms with Crippen molar-refractivity contribution >= 4 is 16.2 Å². The van der Waals surface area contributed by atoms with E-state index in [-0.39, 0.29) is 16.4 Å². The third kappa shape index (κ3) is 5.28. The van der Waals surface area contributed by atoms with E-state index in [1.54, 1.807) is 6.07 Å². The van der Waals surface area contributed by atoms with E-state index in [1.807, 2.05) is 0 Å². The minimum Gasteiger partial charge on any atom is -0.285 e. The molecule has 0 fully saturated rings. The highest BCUT2D eigenvalue weighted by Gasteiger charge is 2.30. The zero-order valence-corrected chi connectivity index (χ0v) is 16.7. The summed E-state index contributed by atoms with van der Waals surface area (Å²) in [7, 11) is -3.92. The fourth-order valence-corrected chi connectivity index (χ4v) is 4.49. The Kier molecular flexibility index (Phi) is 6.42. The van der Waals surface area contributed by atoms with Crippen LogP contribution in [0.15, 0.2) is 78.0 Å². The standard InChI is InChI=1S/C21H17F3N2O4S/c22-21(23,24)18-7-3-15(4-8-18)16-5-9-19(10-6-16)31(29,30)13-20(26(28)14-27)17-2-1-11-25-12-17/h1-12,14,20,28H,13H2. The van der Waals surface area contributed by atoms with Gasteiger partial charge in [0.15, 0.2) is 9.84 Å². The van der Waals surface area contributed by atoms with E-state index >= 15 is 0 Å². The van der Waals surface area contributed by atoms with Crippen LogP contribution in [-0.4, -0.2) is 35.8 Å². The molecule has 162 valence electrons. The molecular formula is C21H17F3N2O4S. The Labute approximate surface area is 176 Å². The van der Waals surface area contributed by atoms with Crippen molar-refractivity contribution < 1.29 is 31.6 Å². The summed E-state index contributed by atoms with van der Waals surface area (Å²) in [5.41, 5.74) is 0.587. The fraction of sp³-hybridized carbons (Fsp3) is 0.143. The average Bonchev–Trinajstić information content (AvgIpc) is 2.77. The quantitative estimate of drug-likeness (QED) is 0.332. The first kappa shape index (κ1) is 22.4. The molecule has 2 aromatic carbocycles. The van der Waals surface area contributed by atoms with E-state index < -0.39 is 33.4 Å². The molecule has 1 unspecified atom stereocenters. The molecule has 0 aliphatic heterocycles. The van der Waals surface area contributed by atoms with Crippen LogP contribution in [0.2, 0.25) is 0 Å². The molecule has 6 nitrogen and oxygen atoms in total. The maximum absolute atomic E-state index is 12.8. The predicted octanol–water partition coefficient (Wildman–Crippen LogP) is 4.13. The number of pyridine rings is 1. The third-order valence-corrected chi connectivity index (χ3v) is 6.38. The molecule has 0 saturated heterocycles. The number of rotatable bonds is 7. The number of sulfone groups is 1. The Morgan fingerprint density at radius 1 is 1.00 bits per heavy atom. The molecule has 3 aromatic rings. The number of nitrogens with zero attached hydrogens (tertiary/aromatic N) is 2. The van der Waals surface area contributed by atoms with Crippen LogP contribution in [0.5, 0.6) is 0 Å². The zero-order chi connectivity index (χ0) is 22.6.